The van der Waals surface area contributed by atoms with E-state index in [4.69, 9.17) is 16.3 Å². The van der Waals surface area contributed by atoms with Gasteiger partial charge in [0.2, 0.25) is 0 Å². The Hall–Kier alpha value is -1.02. The highest BCUT2D eigenvalue weighted by molar-refractivity contribution is 6.30. The van der Waals surface area contributed by atoms with Crippen molar-refractivity contribution in [3.63, 3.8) is 0 Å². The van der Waals surface area contributed by atoms with Crippen molar-refractivity contribution in [2.45, 2.75) is 38.7 Å². The summed E-state index contributed by atoms with van der Waals surface area (Å²) < 4.78 is 5.37. The van der Waals surface area contributed by atoms with Gasteiger partial charge in [0.1, 0.15) is 5.60 Å². The minimum Gasteiger partial charge on any atom is -0.460 e. The second kappa shape index (κ2) is 4.34. The summed E-state index contributed by atoms with van der Waals surface area (Å²) in [6.07, 6.45) is 0.885. The van der Waals surface area contributed by atoms with E-state index in [2.05, 4.69) is 0 Å². The Morgan fingerprint density at radius 3 is 2.41 bits per heavy atom. The van der Waals surface area contributed by atoms with Crippen LogP contribution in [0.1, 0.15) is 38.7 Å². The molecule has 0 unspecified atom stereocenters. The maximum atomic E-state index is 11.8. The maximum Gasteiger partial charge on any atom is 0.310 e. The number of carbonyl (C=O) groups excluding carboxylic acids is 1. The first-order valence-corrected chi connectivity index (χ1v) is 6.23. The fourth-order valence-electron chi connectivity index (χ4n) is 1.91. The van der Waals surface area contributed by atoms with Gasteiger partial charge in [-0.3, -0.25) is 4.79 Å². The lowest BCUT2D eigenvalue weighted by Gasteiger charge is -2.19. The number of carbonyl (C=O) groups is 1. The molecule has 0 saturated heterocycles. The Balaban J connectivity index is 1.96. The molecule has 1 saturated carbocycles. The quantitative estimate of drug-likeness (QED) is 0.749. The molecule has 0 aromatic heterocycles. The first kappa shape index (κ1) is 12.4. The van der Waals surface area contributed by atoms with E-state index in [-0.39, 0.29) is 11.9 Å². The number of rotatable bonds is 2. The molecule has 0 amide bonds. The highest BCUT2D eigenvalue weighted by Crippen LogP contribution is 2.48. The van der Waals surface area contributed by atoms with Gasteiger partial charge < -0.3 is 4.74 Å². The van der Waals surface area contributed by atoms with Gasteiger partial charge >= 0.3 is 5.97 Å². The third-order valence-electron chi connectivity index (χ3n) is 2.80. The summed E-state index contributed by atoms with van der Waals surface area (Å²) in [5.41, 5.74) is 0.773. The molecule has 92 valence electrons. The van der Waals surface area contributed by atoms with Crippen LogP contribution in [0.2, 0.25) is 5.02 Å². The summed E-state index contributed by atoms with van der Waals surface area (Å²) in [6.45, 7) is 5.68. The van der Waals surface area contributed by atoms with Gasteiger partial charge in [0.25, 0.3) is 0 Å². The molecule has 2 rings (SSSR count). The van der Waals surface area contributed by atoms with Crippen LogP contribution < -0.4 is 0 Å². The number of hydrogen-bond donors (Lipinski definition) is 0. The largest absolute Gasteiger partial charge is 0.460 e. The van der Waals surface area contributed by atoms with E-state index in [0.29, 0.717) is 5.92 Å². The van der Waals surface area contributed by atoms with Gasteiger partial charge in [0, 0.05) is 5.02 Å². The third kappa shape index (κ3) is 3.22. The van der Waals surface area contributed by atoms with Crippen LogP contribution in [0.25, 0.3) is 0 Å². The number of ether oxygens (including phenoxy) is 1. The SMILES string of the molecule is CC(C)(C)OC(=O)[C@H]1C[C@@H]1c1ccc(Cl)cc1. The van der Waals surface area contributed by atoms with E-state index < -0.39 is 5.60 Å². The number of hydrogen-bond acceptors (Lipinski definition) is 2. The lowest BCUT2D eigenvalue weighted by molar-refractivity contribution is -0.156. The van der Waals surface area contributed by atoms with Crippen molar-refractivity contribution >= 4 is 17.6 Å². The summed E-state index contributed by atoms with van der Waals surface area (Å²) >= 11 is 5.83. The van der Waals surface area contributed by atoms with Crippen LogP contribution in [-0.4, -0.2) is 11.6 Å². The predicted molar refractivity (Wildman–Crippen MR) is 68.1 cm³/mol. The smallest absolute Gasteiger partial charge is 0.310 e. The van der Waals surface area contributed by atoms with E-state index in [9.17, 15) is 4.79 Å². The van der Waals surface area contributed by atoms with Gasteiger partial charge in [-0.15, -0.1) is 0 Å². The van der Waals surface area contributed by atoms with Crippen LogP contribution in [0, 0.1) is 5.92 Å². The van der Waals surface area contributed by atoms with Gasteiger partial charge in [-0.25, -0.2) is 0 Å². The Bertz CT molecular complexity index is 417. The first-order chi connectivity index (χ1) is 7.87. The molecule has 17 heavy (non-hydrogen) atoms. The lowest BCUT2D eigenvalue weighted by Crippen LogP contribution is -2.25. The fraction of sp³-hybridized carbons (Fsp3) is 0.500. The molecule has 1 aromatic rings. The Kier molecular flexibility index (Phi) is 3.17. The van der Waals surface area contributed by atoms with Crippen LogP contribution >= 0.6 is 11.6 Å². The molecule has 1 aliphatic carbocycles. The first-order valence-electron chi connectivity index (χ1n) is 5.85. The van der Waals surface area contributed by atoms with Crippen LogP contribution in [-0.2, 0) is 9.53 Å². The van der Waals surface area contributed by atoms with Crippen molar-refractivity contribution in [2.24, 2.45) is 5.92 Å². The zero-order valence-corrected chi connectivity index (χ0v) is 11.1. The third-order valence-corrected chi connectivity index (χ3v) is 3.05. The zero-order chi connectivity index (χ0) is 12.6. The molecule has 0 radical (unpaired) electrons. The summed E-state index contributed by atoms with van der Waals surface area (Å²) in [4.78, 5) is 11.8. The van der Waals surface area contributed by atoms with Crippen molar-refractivity contribution in [3.8, 4) is 0 Å². The van der Waals surface area contributed by atoms with Gasteiger partial charge in [-0.05, 0) is 50.8 Å². The molecule has 2 atom stereocenters. The molecule has 1 aromatic carbocycles. The topological polar surface area (TPSA) is 26.3 Å². The molecule has 1 aliphatic rings. The molecular weight excluding hydrogens is 236 g/mol. The minimum atomic E-state index is -0.399. The van der Waals surface area contributed by atoms with E-state index >= 15 is 0 Å². The number of esters is 1. The summed E-state index contributed by atoms with van der Waals surface area (Å²) in [5.74, 6) is 0.245. The molecule has 0 aliphatic heterocycles. The standard InChI is InChI=1S/C14H17ClO2/c1-14(2,3)17-13(16)12-8-11(12)9-4-6-10(15)7-5-9/h4-7,11-12H,8H2,1-3H3/t11-,12+/m1/s1. The molecule has 0 N–H and O–H groups in total. The van der Waals surface area contributed by atoms with Crippen molar-refractivity contribution in [2.75, 3.05) is 0 Å². The summed E-state index contributed by atoms with van der Waals surface area (Å²) in [7, 11) is 0. The van der Waals surface area contributed by atoms with Gasteiger partial charge in [-0.2, -0.15) is 0 Å². The Morgan fingerprint density at radius 1 is 1.29 bits per heavy atom. The molecule has 3 heteroatoms. The van der Waals surface area contributed by atoms with Gasteiger partial charge in [0.15, 0.2) is 0 Å². The van der Waals surface area contributed by atoms with Crippen molar-refractivity contribution in [1.29, 1.82) is 0 Å². The molecule has 0 bridgehead atoms. The monoisotopic (exact) mass is 252 g/mol. The number of benzene rings is 1. The highest BCUT2D eigenvalue weighted by atomic mass is 35.5. The number of halogens is 1. The molecule has 0 spiro atoms. The normalized spacial score (nSPS) is 23.3. The average Bonchev–Trinajstić information content (AvgIpc) is 2.96. The van der Waals surface area contributed by atoms with Crippen LogP contribution in [0.4, 0.5) is 0 Å². The van der Waals surface area contributed by atoms with Crippen molar-refractivity contribution in [1.82, 2.24) is 0 Å². The molecular formula is C14H17ClO2. The average molecular weight is 253 g/mol. The molecule has 2 nitrogen and oxygen atoms in total. The van der Waals surface area contributed by atoms with Crippen molar-refractivity contribution < 1.29 is 9.53 Å². The van der Waals surface area contributed by atoms with Gasteiger partial charge in [0.05, 0.1) is 5.92 Å². The minimum absolute atomic E-state index is 0.0235. The fourth-order valence-corrected chi connectivity index (χ4v) is 2.04. The lowest BCUT2D eigenvalue weighted by atomic mass is 10.1. The van der Waals surface area contributed by atoms with Crippen LogP contribution in [0.5, 0.6) is 0 Å². The Labute approximate surface area is 107 Å². The summed E-state index contributed by atoms with van der Waals surface area (Å²) in [5, 5.41) is 0.725. The molecule has 1 fully saturated rings. The summed E-state index contributed by atoms with van der Waals surface area (Å²) in [6, 6.07) is 7.69. The van der Waals surface area contributed by atoms with Crippen LogP contribution in [0.15, 0.2) is 24.3 Å². The van der Waals surface area contributed by atoms with E-state index in [1.165, 1.54) is 5.56 Å². The second-order valence-electron chi connectivity index (χ2n) is 5.53. The van der Waals surface area contributed by atoms with Gasteiger partial charge in [-0.1, -0.05) is 23.7 Å². The van der Waals surface area contributed by atoms with E-state index in [1.807, 2.05) is 45.0 Å². The Morgan fingerprint density at radius 2 is 1.88 bits per heavy atom. The molecule has 0 heterocycles. The van der Waals surface area contributed by atoms with Crippen molar-refractivity contribution in [3.05, 3.63) is 34.9 Å². The zero-order valence-electron chi connectivity index (χ0n) is 10.4. The van der Waals surface area contributed by atoms with E-state index in [1.54, 1.807) is 0 Å². The second-order valence-corrected chi connectivity index (χ2v) is 5.97. The van der Waals surface area contributed by atoms with E-state index in [0.717, 1.165) is 11.4 Å². The predicted octanol–water partition coefficient (Wildman–Crippen LogP) is 3.79. The maximum absolute atomic E-state index is 11.8. The highest BCUT2D eigenvalue weighted by Gasteiger charge is 2.46. The van der Waals surface area contributed by atoms with Crippen LogP contribution in [0.3, 0.4) is 0 Å².